The monoisotopic (exact) mass is 269 g/mol. The minimum atomic E-state index is -4.36. The highest BCUT2D eigenvalue weighted by Gasteiger charge is 2.43. The van der Waals surface area contributed by atoms with Crippen molar-refractivity contribution in [3.8, 4) is 0 Å². The lowest BCUT2D eigenvalue weighted by Gasteiger charge is -2.28. The molecule has 1 rings (SSSR count). The molecular weight excluding hydrogens is 259 g/mol. The lowest BCUT2D eigenvalue weighted by atomic mass is 10.1. The summed E-state index contributed by atoms with van der Waals surface area (Å²) in [6.45, 7) is 1.80. The van der Waals surface area contributed by atoms with Crippen LogP contribution in [0, 0.1) is 0 Å². The van der Waals surface area contributed by atoms with E-state index in [0.717, 1.165) is 4.31 Å². The third-order valence-corrected chi connectivity index (χ3v) is 2.88. The van der Waals surface area contributed by atoms with Crippen molar-refractivity contribution in [2.75, 3.05) is 6.54 Å². The second kappa shape index (κ2) is 5.29. The van der Waals surface area contributed by atoms with Gasteiger partial charge in [-0.3, -0.25) is 0 Å². The summed E-state index contributed by atoms with van der Waals surface area (Å²) in [4.78, 5) is 0. The smallest absolute Gasteiger partial charge is 0.237 e. The first-order chi connectivity index (χ1) is 7.36. The van der Waals surface area contributed by atoms with E-state index >= 15 is 0 Å². The van der Waals surface area contributed by atoms with Gasteiger partial charge < -0.3 is 0 Å². The number of thiol groups is 1. The summed E-state index contributed by atoms with van der Waals surface area (Å²) in [5.74, 6) is 0. The van der Waals surface area contributed by atoms with E-state index in [2.05, 4.69) is 12.8 Å². The summed E-state index contributed by atoms with van der Waals surface area (Å²) in [5, 5.41) is 0.409. The molecule has 1 aromatic carbocycles. The predicted octanol–water partition coefficient (Wildman–Crippen LogP) is 4.11. The van der Waals surface area contributed by atoms with Gasteiger partial charge >= 0.3 is 6.18 Å². The van der Waals surface area contributed by atoms with Crippen LogP contribution in [-0.4, -0.2) is 17.0 Å². The Balaban J connectivity index is 3.06. The van der Waals surface area contributed by atoms with E-state index in [1.54, 1.807) is 6.92 Å². The maximum atomic E-state index is 12.8. The van der Waals surface area contributed by atoms with Crippen molar-refractivity contribution in [1.29, 1.82) is 0 Å². The van der Waals surface area contributed by atoms with Gasteiger partial charge in [-0.2, -0.15) is 13.2 Å². The zero-order chi connectivity index (χ0) is 12.3. The summed E-state index contributed by atoms with van der Waals surface area (Å²) in [5.41, 5.74) is 0.133. The third kappa shape index (κ3) is 3.30. The van der Waals surface area contributed by atoms with Crippen molar-refractivity contribution >= 4 is 24.4 Å². The molecule has 0 aliphatic rings. The fourth-order valence-electron chi connectivity index (χ4n) is 1.36. The zero-order valence-corrected chi connectivity index (χ0v) is 10.2. The summed E-state index contributed by atoms with van der Waals surface area (Å²) in [6, 6.07) is 3.89. The average Bonchev–Trinajstić information content (AvgIpc) is 2.19. The Bertz CT molecular complexity index is 339. The maximum Gasteiger partial charge on any atom is 0.408 e. The minimum absolute atomic E-state index is 0.133. The lowest BCUT2D eigenvalue weighted by Crippen LogP contribution is -2.32. The predicted molar refractivity (Wildman–Crippen MR) is 61.6 cm³/mol. The molecule has 0 amide bonds. The lowest BCUT2D eigenvalue weighted by molar-refractivity contribution is -0.171. The van der Waals surface area contributed by atoms with Crippen LogP contribution in [0.4, 0.5) is 13.2 Å². The maximum absolute atomic E-state index is 12.8. The summed E-state index contributed by atoms with van der Waals surface area (Å²) < 4.78 is 39.4. The molecule has 0 saturated heterocycles. The second-order valence-corrected chi connectivity index (χ2v) is 4.20. The van der Waals surface area contributed by atoms with Gasteiger partial charge in [0.1, 0.15) is 6.04 Å². The standard InChI is InChI=1S/C10H11ClF3NS/c1-2-15(16)9(10(12,13)14)7-3-5-8(11)6-4-7/h3-6,9,16H,2H2,1H3/t9-/m1/s1. The van der Waals surface area contributed by atoms with E-state index in [1.165, 1.54) is 24.3 Å². The van der Waals surface area contributed by atoms with E-state index in [9.17, 15) is 13.2 Å². The van der Waals surface area contributed by atoms with Crippen molar-refractivity contribution in [2.45, 2.75) is 19.1 Å². The molecule has 0 saturated carbocycles. The van der Waals surface area contributed by atoms with Crippen molar-refractivity contribution < 1.29 is 13.2 Å². The molecule has 0 aliphatic carbocycles. The number of nitrogens with zero attached hydrogens (tertiary/aromatic N) is 1. The van der Waals surface area contributed by atoms with E-state index in [-0.39, 0.29) is 12.1 Å². The highest BCUT2D eigenvalue weighted by Crippen LogP contribution is 2.38. The summed E-state index contributed by atoms with van der Waals surface area (Å²) in [7, 11) is 0. The molecule has 0 radical (unpaired) electrons. The van der Waals surface area contributed by atoms with Crippen LogP contribution in [0.3, 0.4) is 0 Å². The van der Waals surface area contributed by atoms with Gasteiger partial charge in [0.25, 0.3) is 0 Å². The van der Waals surface area contributed by atoms with Gasteiger partial charge in [0.2, 0.25) is 0 Å². The number of hydrogen-bond acceptors (Lipinski definition) is 2. The largest absolute Gasteiger partial charge is 0.408 e. The van der Waals surface area contributed by atoms with Gasteiger partial charge in [0, 0.05) is 11.6 Å². The van der Waals surface area contributed by atoms with Crippen molar-refractivity contribution in [3.63, 3.8) is 0 Å². The number of alkyl halides is 3. The fourth-order valence-corrected chi connectivity index (χ4v) is 1.75. The minimum Gasteiger partial charge on any atom is -0.237 e. The number of benzene rings is 1. The second-order valence-electron chi connectivity index (χ2n) is 3.25. The molecule has 0 fully saturated rings. The topological polar surface area (TPSA) is 3.24 Å². The molecule has 1 nitrogen and oxygen atoms in total. The Hall–Kier alpha value is -0.390. The van der Waals surface area contributed by atoms with Crippen LogP contribution < -0.4 is 0 Å². The molecule has 0 heterocycles. The van der Waals surface area contributed by atoms with Crippen LogP contribution >= 0.6 is 24.4 Å². The van der Waals surface area contributed by atoms with Crippen LogP contribution in [0.25, 0.3) is 0 Å². The van der Waals surface area contributed by atoms with E-state index in [4.69, 9.17) is 11.6 Å². The van der Waals surface area contributed by atoms with Gasteiger partial charge in [-0.15, -0.1) is 0 Å². The van der Waals surface area contributed by atoms with Gasteiger partial charge in [0.05, 0.1) is 0 Å². The molecule has 0 N–H and O–H groups in total. The highest BCUT2D eigenvalue weighted by molar-refractivity contribution is 7.77. The van der Waals surface area contributed by atoms with Crippen LogP contribution in [-0.2, 0) is 0 Å². The van der Waals surface area contributed by atoms with Crippen LogP contribution in [0.1, 0.15) is 18.5 Å². The van der Waals surface area contributed by atoms with Gasteiger partial charge in [0.15, 0.2) is 0 Å². The molecular formula is C10H11ClF3NS. The third-order valence-electron chi connectivity index (χ3n) is 2.12. The van der Waals surface area contributed by atoms with Gasteiger partial charge in [-0.05, 0) is 17.7 Å². The number of hydrogen-bond donors (Lipinski definition) is 1. The first kappa shape index (κ1) is 13.7. The van der Waals surface area contributed by atoms with Crippen molar-refractivity contribution in [3.05, 3.63) is 34.9 Å². The average molecular weight is 270 g/mol. The Morgan fingerprint density at radius 2 is 1.81 bits per heavy atom. The van der Waals surface area contributed by atoms with Gasteiger partial charge in [-0.1, -0.05) is 43.5 Å². The molecule has 0 unspecified atom stereocenters. The van der Waals surface area contributed by atoms with Crippen LogP contribution in [0.2, 0.25) is 5.02 Å². The summed E-state index contributed by atoms with van der Waals surface area (Å²) >= 11 is 9.47. The molecule has 6 heteroatoms. The normalized spacial score (nSPS) is 14.2. The van der Waals surface area contributed by atoms with Gasteiger partial charge in [-0.25, -0.2) is 4.31 Å². The first-order valence-electron chi connectivity index (χ1n) is 4.64. The van der Waals surface area contributed by atoms with Crippen molar-refractivity contribution in [1.82, 2.24) is 4.31 Å². The van der Waals surface area contributed by atoms with E-state index in [1.807, 2.05) is 0 Å². The van der Waals surface area contributed by atoms with Crippen LogP contribution in [0.15, 0.2) is 24.3 Å². The van der Waals surface area contributed by atoms with E-state index in [0.29, 0.717) is 5.02 Å². The summed E-state index contributed by atoms with van der Waals surface area (Å²) in [6.07, 6.45) is -4.36. The van der Waals surface area contributed by atoms with Crippen molar-refractivity contribution in [2.24, 2.45) is 0 Å². The first-order valence-corrected chi connectivity index (χ1v) is 5.41. The molecule has 0 bridgehead atoms. The highest BCUT2D eigenvalue weighted by atomic mass is 35.5. The Kier molecular flexibility index (Phi) is 4.52. The number of rotatable bonds is 3. The Morgan fingerprint density at radius 3 is 2.19 bits per heavy atom. The fraction of sp³-hybridized carbons (Fsp3) is 0.400. The molecule has 16 heavy (non-hydrogen) atoms. The van der Waals surface area contributed by atoms with Crippen LogP contribution in [0.5, 0.6) is 0 Å². The molecule has 1 atom stereocenters. The number of halogens is 4. The zero-order valence-electron chi connectivity index (χ0n) is 8.50. The molecule has 0 spiro atoms. The Labute approximate surface area is 103 Å². The molecule has 90 valence electrons. The molecule has 0 aromatic heterocycles. The Morgan fingerprint density at radius 1 is 1.31 bits per heavy atom. The molecule has 1 aromatic rings. The quantitative estimate of drug-likeness (QED) is 0.808. The molecule has 0 aliphatic heterocycles. The SMILES string of the molecule is CCN(S)[C@H](c1ccc(Cl)cc1)C(F)(F)F. The van der Waals surface area contributed by atoms with E-state index < -0.39 is 12.2 Å².